The molecule has 154 valence electrons. The van der Waals surface area contributed by atoms with Crippen LogP contribution in [-0.2, 0) is 9.53 Å². The molecule has 1 aliphatic heterocycles. The van der Waals surface area contributed by atoms with E-state index in [0.717, 1.165) is 16.5 Å². The highest BCUT2D eigenvalue weighted by Crippen LogP contribution is 2.40. The van der Waals surface area contributed by atoms with E-state index in [0.29, 0.717) is 44.2 Å². The Morgan fingerprint density at radius 3 is 2.90 bits per heavy atom. The van der Waals surface area contributed by atoms with Gasteiger partial charge in [0.1, 0.15) is 0 Å². The summed E-state index contributed by atoms with van der Waals surface area (Å²) in [5.41, 5.74) is 0. The van der Waals surface area contributed by atoms with E-state index in [4.69, 9.17) is 4.74 Å². The number of hydrogen-bond acceptors (Lipinski definition) is 5. The second kappa shape index (κ2) is 8.41. The average molecular weight is 416 g/mol. The van der Waals surface area contributed by atoms with Crippen LogP contribution in [0.15, 0.2) is 30.3 Å². The SMILES string of the molecule is CCOC(=O)[C@@H]1C[C@@H]1CN(CCN1CCNC1=O)C(=O)c1cc2ccccc2s1. The van der Waals surface area contributed by atoms with E-state index in [1.165, 1.54) is 11.3 Å². The molecule has 1 aliphatic carbocycles. The van der Waals surface area contributed by atoms with Gasteiger partial charge in [0.05, 0.1) is 17.4 Å². The van der Waals surface area contributed by atoms with Crippen molar-refractivity contribution in [1.29, 1.82) is 0 Å². The molecule has 1 aromatic carbocycles. The molecule has 1 aromatic heterocycles. The van der Waals surface area contributed by atoms with Gasteiger partial charge in [-0.25, -0.2) is 4.79 Å². The third-order valence-electron chi connectivity index (χ3n) is 5.48. The molecule has 29 heavy (non-hydrogen) atoms. The second-order valence-electron chi connectivity index (χ2n) is 7.47. The minimum atomic E-state index is -0.175. The van der Waals surface area contributed by atoms with Gasteiger partial charge < -0.3 is 19.9 Å². The summed E-state index contributed by atoms with van der Waals surface area (Å²) >= 11 is 1.48. The van der Waals surface area contributed by atoms with Gasteiger partial charge in [0, 0.05) is 37.4 Å². The summed E-state index contributed by atoms with van der Waals surface area (Å²) in [6, 6.07) is 9.77. The summed E-state index contributed by atoms with van der Waals surface area (Å²) < 4.78 is 6.19. The van der Waals surface area contributed by atoms with Crippen molar-refractivity contribution in [3.05, 3.63) is 35.2 Å². The number of amides is 3. The van der Waals surface area contributed by atoms with Crippen molar-refractivity contribution >= 4 is 39.3 Å². The van der Waals surface area contributed by atoms with Crippen LogP contribution in [0.4, 0.5) is 4.79 Å². The average Bonchev–Trinajstić information content (AvgIpc) is 3.15. The van der Waals surface area contributed by atoms with Gasteiger partial charge in [0.15, 0.2) is 0 Å². The van der Waals surface area contributed by atoms with Crippen molar-refractivity contribution in [2.24, 2.45) is 11.8 Å². The maximum atomic E-state index is 13.3. The molecule has 1 N–H and O–H groups in total. The summed E-state index contributed by atoms with van der Waals surface area (Å²) in [7, 11) is 0. The lowest BCUT2D eigenvalue weighted by Crippen LogP contribution is -2.41. The van der Waals surface area contributed by atoms with E-state index in [1.54, 1.807) is 16.7 Å². The number of esters is 1. The molecule has 0 radical (unpaired) electrons. The molecular formula is C21H25N3O4S. The molecule has 0 spiro atoms. The fourth-order valence-electron chi connectivity index (χ4n) is 3.76. The van der Waals surface area contributed by atoms with Crippen molar-refractivity contribution in [3.8, 4) is 0 Å². The minimum Gasteiger partial charge on any atom is -0.466 e. The number of urea groups is 1. The third-order valence-corrected chi connectivity index (χ3v) is 6.58. The van der Waals surface area contributed by atoms with Crippen molar-refractivity contribution in [2.45, 2.75) is 13.3 Å². The first-order valence-electron chi connectivity index (χ1n) is 10.0. The van der Waals surface area contributed by atoms with Crippen LogP contribution >= 0.6 is 11.3 Å². The number of fused-ring (bicyclic) bond motifs is 1. The Labute approximate surface area is 173 Å². The molecular weight excluding hydrogens is 390 g/mol. The molecule has 4 rings (SSSR count). The van der Waals surface area contributed by atoms with Crippen LogP contribution in [0.1, 0.15) is 23.0 Å². The zero-order chi connectivity index (χ0) is 20.4. The Morgan fingerprint density at radius 2 is 2.17 bits per heavy atom. The number of nitrogens with zero attached hydrogens (tertiary/aromatic N) is 2. The smallest absolute Gasteiger partial charge is 0.317 e. The predicted molar refractivity (Wildman–Crippen MR) is 111 cm³/mol. The topological polar surface area (TPSA) is 79.0 Å². The molecule has 2 heterocycles. The van der Waals surface area contributed by atoms with Gasteiger partial charge in [-0.05, 0) is 36.8 Å². The maximum Gasteiger partial charge on any atom is 0.317 e. The van der Waals surface area contributed by atoms with Gasteiger partial charge in [-0.2, -0.15) is 0 Å². The van der Waals surface area contributed by atoms with E-state index in [2.05, 4.69) is 5.32 Å². The molecule has 2 aromatic rings. The summed E-state index contributed by atoms with van der Waals surface area (Å²) in [5, 5.41) is 3.84. The summed E-state index contributed by atoms with van der Waals surface area (Å²) in [6.07, 6.45) is 0.749. The number of ether oxygens (including phenoxy) is 1. The van der Waals surface area contributed by atoms with Crippen molar-refractivity contribution in [3.63, 3.8) is 0 Å². The highest BCUT2D eigenvalue weighted by Gasteiger charge is 2.45. The molecule has 2 atom stereocenters. The molecule has 2 fully saturated rings. The number of rotatable bonds is 8. The normalized spacial score (nSPS) is 20.6. The van der Waals surface area contributed by atoms with E-state index in [1.807, 2.05) is 30.3 Å². The first kappa shape index (κ1) is 19.7. The standard InChI is InChI=1S/C21H25N3O4S/c1-2-28-20(26)16-11-15(16)13-24(10-9-23-8-7-22-21(23)27)19(25)18-12-14-5-3-4-6-17(14)29-18/h3-6,12,15-16H,2,7-11,13H2,1H3,(H,22,27)/t15-,16-/m1/s1. The Hall–Kier alpha value is -2.61. The quantitative estimate of drug-likeness (QED) is 0.672. The van der Waals surface area contributed by atoms with Crippen molar-refractivity contribution in [1.82, 2.24) is 15.1 Å². The van der Waals surface area contributed by atoms with Crippen LogP contribution in [-0.4, -0.2) is 67.0 Å². The molecule has 2 aliphatic rings. The Bertz CT molecular complexity index is 895. The summed E-state index contributed by atoms with van der Waals surface area (Å²) in [4.78, 5) is 41.3. The predicted octanol–water partition coefficient (Wildman–Crippen LogP) is 2.57. The Kier molecular flexibility index (Phi) is 5.71. The van der Waals surface area contributed by atoms with Crippen molar-refractivity contribution < 1.29 is 19.1 Å². The van der Waals surface area contributed by atoms with Crippen LogP contribution in [0, 0.1) is 11.8 Å². The second-order valence-corrected chi connectivity index (χ2v) is 8.56. The van der Waals surface area contributed by atoms with E-state index >= 15 is 0 Å². The zero-order valence-corrected chi connectivity index (χ0v) is 17.2. The lowest BCUT2D eigenvalue weighted by molar-refractivity contribution is -0.145. The highest BCUT2D eigenvalue weighted by molar-refractivity contribution is 7.20. The number of carbonyl (C=O) groups excluding carboxylic acids is 3. The largest absolute Gasteiger partial charge is 0.466 e. The van der Waals surface area contributed by atoms with E-state index < -0.39 is 0 Å². The third kappa shape index (κ3) is 4.37. The molecule has 1 saturated heterocycles. The van der Waals surface area contributed by atoms with Crippen LogP contribution in [0.5, 0.6) is 0 Å². The maximum absolute atomic E-state index is 13.3. The molecule has 8 heteroatoms. The van der Waals surface area contributed by atoms with Crippen LogP contribution in [0.2, 0.25) is 0 Å². The molecule has 7 nitrogen and oxygen atoms in total. The fourth-order valence-corrected chi connectivity index (χ4v) is 4.79. The lowest BCUT2D eigenvalue weighted by atomic mass is 10.2. The summed E-state index contributed by atoms with van der Waals surface area (Å²) in [5.74, 6) is -0.214. The van der Waals surface area contributed by atoms with Crippen LogP contribution in [0.3, 0.4) is 0 Å². The number of nitrogens with one attached hydrogen (secondary N) is 1. The number of hydrogen-bond donors (Lipinski definition) is 1. The van der Waals surface area contributed by atoms with Gasteiger partial charge in [0.25, 0.3) is 5.91 Å². The number of carbonyl (C=O) groups is 3. The molecule has 0 unspecified atom stereocenters. The Morgan fingerprint density at radius 1 is 1.34 bits per heavy atom. The van der Waals surface area contributed by atoms with Gasteiger partial charge >= 0.3 is 12.0 Å². The highest BCUT2D eigenvalue weighted by atomic mass is 32.1. The van der Waals surface area contributed by atoms with Gasteiger partial charge in [0.2, 0.25) is 0 Å². The van der Waals surface area contributed by atoms with Gasteiger partial charge in [-0.1, -0.05) is 18.2 Å². The minimum absolute atomic E-state index is 0.0414. The summed E-state index contributed by atoms with van der Waals surface area (Å²) in [6.45, 7) is 4.90. The zero-order valence-electron chi connectivity index (χ0n) is 16.4. The molecule has 1 saturated carbocycles. The first-order valence-corrected chi connectivity index (χ1v) is 10.9. The van der Waals surface area contributed by atoms with E-state index in [-0.39, 0.29) is 29.7 Å². The van der Waals surface area contributed by atoms with Crippen molar-refractivity contribution in [2.75, 3.05) is 39.3 Å². The fraction of sp³-hybridized carbons (Fsp3) is 0.476. The number of benzene rings is 1. The first-order chi connectivity index (χ1) is 14.1. The number of thiophene rings is 1. The monoisotopic (exact) mass is 415 g/mol. The molecule has 0 bridgehead atoms. The van der Waals surface area contributed by atoms with Gasteiger partial charge in [-0.15, -0.1) is 11.3 Å². The Balaban J connectivity index is 1.47. The van der Waals surface area contributed by atoms with Crippen LogP contribution < -0.4 is 5.32 Å². The van der Waals surface area contributed by atoms with Crippen LogP contribution in [0.25, 0.3) is 10.1 Å². The lowest BCUT2D eigenvalue weighted by Gasteiger charge is -2.25. The van der Waals surface area contributed by atoms with E-state index in [9.17, 15) is 14.4 Å². The molecule has 3 amide bonds. The van der Waals surface area contributed by atoms with Gasteiger partial charge in [-0.3, -0.25) is 9.59 Å².